The number of nitrogens with zero attached hydrogens (tertiary/aromatic N) is 3. The summed E-state index contributed by atoms with van der Waals surface area (Å²) in [4.78, 5) is 34.7. The summed E-state index contributed by atoms with van der Waals surface area (Å²) in [5.41, 5.74) is 11.8. The second-order valence-electron chi connectivity index (χ2n) is 10.1. The van der Waals surface area contributed by atoms with Crippen molar-refractivity contribution in [3.63, 3.8) is 0 Å². The number of urea groups is 1. The summed E-state index contributed by atoms with van der Waals surface area (Å²) in [6, 6.07) is 13.9. The highest BCUT2D eigenvalue weighted by Crippen LogP contribution is 2.26. The first-order chi connectivity index (χ1) is 20.1. The third kappa shape index (κ3) is 10.7. The first kappa shape index (κ1) is 33.0. The molecule has 2 atom stereocenters. The first-order valence-electron chi connectivity index (χ1n) is 13.7. The van der Waals surface area contributed by atoms with Gasteiger partial charge in [-0.2, -0.15) is 0 Å². The van der Waals surface area contributed by atoms with E-state index in [9.17, 15) is 18.0 Å². The lowest BCUT2D eigenvalue weighted by Gasteiger charge is -2.33. The van der Waals surface area contributed by atoms with Crippen LogP contribution in [-0.2, 0) is 20.1 Å². The molecule has 3 amide bonds. The molecule has 0 aromatic heterocycles. The Morgan fingerprint density at radius 3 is 2.31 bits per heavy atom. The van der Waals surface area contributed by atoms with Crippen LogP contribution in [0.25, 0.3) is 0 Å². The number of methoxy groups -OCH3 is 1. The van der Waals surface area contributed by atoms with Gasteiger partial charge in [0.15, 0.2) is 5.96 Å². The van der Waals surface area contributed by atoms with Crippen molar-refractivity contribution in [2.24, 2.45) is 16.5 Å². The Bertz CT molecular complexity index is 1280. The molecule has 1 aliphatic rings. The van der Waals surface area contributed by atoms with Crippen LogP contribution in [0.2, 0.25) is 0 Å². The quantitative estimate of drug-likeness (QED) is 0.105. The minimum Gasteiger partial charge on any atom is -0.497 e. The number of amides is 3. The largest absolute Gasteiger partial charge is 0.497 e. The molecule has 0 saturated carbocycles. The first-order valence-corrected chi connectivity index (χ1v) is 16.7. The van der Waals surface area contributed by atoms with Crippen molar-refractivity contribution in [1.29, 1.82) is 0 Å². The van der Waals surface area contributed by atoms with Gasteiger partial charge in [-0.05, 0) is 60.5 Å². The van der Waals surface area contributed by atoms with Crippen molar-refractivity contribution in [3.05, 3.63) is 60.2 Å². The van der Waals surface area contributed by atoms with Gasteiger partial charge >= 0.3 is 6.03 Å². The van der Waals surface area contributed by atoms with Crippen molar-refractivity contribution < 1.29 is 22.7 Å². The van der Waals surface area contributed by atoms with Crippen molar-refractivity contribution in [1.82, 2.24) is 20.4 Å². The van der Waals surface area contributed by atoms with E-state index in [1.54, 1.807) is 17.0 Å². The molecule has 1 aliphatic heterocycles. The maximum atomic E-state index is 13.6. The minimum absolute atomic E-state index is 0.0402. The fourth-order valence-electron chi connectivity index (χ4n) is 4.34. The van der Waals surface area contributed by atoms with Crippen LogP contribution in [0.15, 0.2) is 64.5 Å². The molecule has 12 nitrogen and oxygen atoms in total. The zero-order valence-corrected chi connectivity index (χ0v) is 25.7. The van der Waals surface area contributed by atoms with Gasteiger partial charge in [-0.1, -0.05) is 30.3 Å². The highest BCUT2D eigenvalue weighted by Gasteiger charge is 2.28. The number of nitrogens with one attached hydrogen (secondary N) is 2. The van der Waals surface area contributed by atoms with Gasteiger partial charge in [0, 0.05) is 50.9 Å². The van der Waals surface area contributed by atoms with Crippen molar-refractivity contribution >= 4 is 37.6 Å². The monoisotopic (exact) mass is 619 g/mol. The van der Waals surface area contributed by atoms with Gasteiger partial charge < -0.3 is 36.6 Å². The number of nitrogens with two attached hydrogens (primary N) is 2. The lowest BCUT2D eigenvalue weighted by atomic mass is 10.0. The normalized spacial score (nSPS) is 15.3. The minimum atomic E-state index is -3.71. The molecule has 42 heavy (non-hydrogen) atoms. The second kappa shape index (κ2) is 16.2. The van der Waals surface area contributed by atoms with Crippen LogP contribution in [-0.4, -0.2) is 101 Å². The molecule has 1 heterocycles. The number of carbonyl (C=O) groups is 2. The molecule has 2 aromatic rings. The SMILES string of the molecule is COc1ccc(S(=O)(=O)SC[C@H](CCCN=C(N)N)NC(=O)[C@H](Cc2ccccc2)NC(=O)N2CCN(C)CC2)cc1. The van der Waals surface area contributed by atoms with E-state index in [2.05, 4.69) is 20.5 Å². The Morgan fingerprint density at radius 1 is 1.02 bits per heavy atom. The molecule has 3 rings (SSSR count). The molecule has 14 heteroatoms. The number of aliphatic imine (C=N–C) groups is 1. The Morgan fingerprint density at radius 2 is 1.69 bits per heavy atom. The molecule has 0 bridgehead atoms. The maximum absolute atomic E-state index is 13.6. The highest BCUT2D eigenvalue weighted by atomic mass is 33.1. The van der Waals surface area contributed by atoms with E-state index in [4.69, 9.17) is 16.2 Å². The Hall–Kier alpha value is -3.49. The van der Waals surface area contributed by atoms with Gasteiger partial charge in [0.1, 0.15) is 11.8 Å². The Labute approximate surface area is 251 Å². The molecular weight excluding hydrogens is 578 g/mol. The number of likely N-dealkylation sites (N-methyl/N-ethyl adjacent to an activating group) is 1. The van der Waals surface area contributed by atoms with Crippen LogP contribution >= 0.6 is 10.8 Å². The summed E-state index contributed by atoms with van der Waals surface area (Å²) in [5, 5.41) is 5.90. The average Bonchev–Trinajstić information content (AvgIpc) is 2.98. The number of guanidine groups is 1. The van der Waals surface area contributed by atoms with Gasteiger partial charge in [-0.25, -0.2) is 13.2 Å². The predicted octanol–water partition coefficient (Wildman–Crippen LogP) is 1.22. The molecular formula is C28H41N7O5S2. The fourth-order valence-corrected chi connectivity index (χ4v) is 7.31. The number of hydrogen-bond acceptors (Lipinski definition) is 8. The molecule has 0 unspecified atom stereocenters. The van der Waals surface area contributed by atoms with Crippen molar-refractivity contribution in [2.75, 3.05) is 52.6 Å². The topological polar surface area (TPSA) is 172 Å². The number of hydrogen-bond donors (Lipinski definition) is 4. The number of carbonyl (C=O) groups excluding carboxylic acids is 2. The summed E-state index contributed by atoms with van der Waals surface area (Å²) in [5.74, 6) is 0.205. The molecule has 0 radical (unpaired) electrons. The fraction of sp³-hybridized carbons (Fsp3) is 0.464. The van der Waals surface area contributed by atoms with Gasteiger partial charge in [-0.15, -0.1) is 0 Å². The van der Waals surface area contributed by atoms with E-state index >= 15 is 0 Å². The average molecular weight is 620 g/mol. The lowest BCUT2D eigenvalue weighted by molar-refractivity contribution is -0.123. The Kier molecular flexibility index (Phi) is 12.8. The predicted molar refractivity (Wildman–Crippen MR) is 166 cm³/mol. The number of ether oxygens (including phenoxy) is 1. The molecule has 0 spiro atoms. The van der Waals surface area contributed by atoms with E-state index in [0.29, 0.717) is 38.2 Å². The summed E-state index contributed by atoms with van der Waals surface area (Å²) < 4.78 is 31.2. The summed E-state index contributed by atoms with van der Waals surface area (Å²) in [6.07, 6.45) is 1.23. The molecule has 1 saturated heterocycles. The molecule has 6 N–H and O–H groups in total. The van der Waals surface area contributed by atoms with Gasteiger partial charge in [0.25, 0.3) is 0 Å². The Balaban J connectivity index is 1.73. The van der Waals surface area contributed by atoms with E-state index in [-0.39, 0.29) is 29.1 Å². The van der Waals surface area contributed by atoms with Gasteiger partial charge in [0.2, 0.25) is 14.8 Å². The zero-order chi connectivity index (χ0) is 30.5. The van der Waals surface area contributed by atoms with E-state index in [0.717, 1.165) is 29.4 Å². The van der Waals surface area contributed by atoms with E-state index in [1.807, 2.05) is 37.4 Å². The molecule has 230 valence electrons. The van der Waals surface area contributed by atoms with E-state index in [1.165, 1.54) is 19.2 Å². The molecule has 1 fully saturated rings. The van der Waals surface area contributed by atoms with Crippen molar-refractivity contribution in [2.45, 2.75) is 36.2 Å². The highest BCUT2D eigenvalue weighted by molar-refractivity contribution is 8.72. The molecule has 2 aromatic carbocycles. The van der Waals surface area contributed by atoms with Crippen molar-refractivity contribution in [3.8, 4) is 5.75 Å². The number of rotatable bonds is 14. The second-order valence-corrected chi connectivity index (χ2v) is 14.0. The van der Waals surface area contributed by atoms with Crippen LogP contribution in [0.1, 0.15) is 18.4 Å². The third-order valence-corrected chi connectivity index (χ3v) is 10.4. The van der Waals surface area contributed by atoms with E-state index < -0.39 is 26.9 Å². The smallest absolute Gasteiger partial charge is 0.318 e. The van der Waals surface area contributed by atoms with Crippen LogP contribution < -0.4 is 26.8 Å². The lowest BCUT2D eigenvalue weighted by Crippen LogP contribution is -2.57. The summed E-state index contributed by atoms with van der Waals surface area (Å²) in [7, 11) is 0.546. The zero-order valence-electron chi connectivity index (χ0n) is 24.1. The maximum Gasteiger partial charge on any atom is 0.318 e. The number of benzene rings is 2. The summed E-state index contributed by atoms with van der Waals surface area (Å²) in [6.45, 7) is 2.96. The van der Waals surface area contributed by atoms with Crippen LogP contribution in [0.3, 0.4) is 0 Å². The van der Waals surface area contributed by atoms with Crippen LogP contribution in [0.4, 0.5) is 4.79 Å². The van der Waals surface area contributed by atoms with Crippen LogP contribution in [0.5, 0.6) is 5.75 Å². The van der Waals surface area contributed by atoms with Gasteiger partial charge in [0.05, 0.1) is 12.0 Å². The summed E-state index contributed by atoms with van der Waals surface area (Å²) >= 11 is 0. The van der Waals surface area contributed by atoms with Gasteiger partial charge in [-0.3, -0.25) is 9.79 Å². The third-order valence-electron chi connectivity index (χ3n) is 6.81. The number of piperazine rings is 1. The van der Waals surface area contributed by atoms with Crippen LogP contribution in [0, 0.1) is 0 Å². The standard InChI is InChI=1S/C28H41N7O5S2/c1-34-15-17-35(18-16-34)28(37)33-25(19-21-7-4-3-5-8-21)26(36)32-22(9-6-14-31-27(29)30)20-41-42(38,39)24-12-10-23(40-2)11-13-24/h3-5,7-8,10-13,22,25H,6,9,14-20H2,1-2H3,(H,32,36)(H,33,37)(H4,29,30,31)/t22-,25-/m0/s1. The molecule has 0 aliphatic carbocycles.